The molecule has 0 aliphatic carbocycles. The van der Waals surface area contributed by atoms with Crippen LogP contribution in [0.4, 0.5) is 17.3 Å². The van der Waals surface area contributed by atoms with Gasteiger partial charge in [0.2, 0.25) is 11.6 Å². The van der Waals surface area contributed by atoms with E-state index in [1.807, 2.05) is 0 Å². The van der Waals surface area contributed by atoms with Gasteiger partial charge >= 0.3 is 5.69 Å². The second-order valence-corrected chi connectivity index (χ2v) is 5.25. The molecule has 0 aliphatic rings. The van der Waals surface area contributed by atoms with Crippen molar-refractivity contribution in [1.29, 1.82) is 0 Å². The van der Waals surface area contributed by atoms with Gasteiger partial charge in [-0.1, -0.05) is 23.2 Å². The van der Waals surface area contributed by atoms with E-state index in [2.05, 4.69) is 26.1 Å². The van der Waals surface area contributed by atoms with Crippen molar-refractivity contribution in [3.63, 3.8) is 0 Å². The molecular weight excluding hydrogens is 359 g/mol. The molecule has 1 aromatic carbocycles. The number of benzene rings is 1. The second kappa shape index (κ2) is 7.75. The van der Waals surface area contributed by atoms with E-state index in [0.29, 0.717) is 11.6 Å². The Kier molecular flexibility index (Phi) is 5.72. The highest BCUT2D eigenvalue weighted by Gasteiger charge is 2.23. The Hall–Kier alpha value is -2.65. The highest BCUT2D eigenvalue weighted by molar-refractivity contribution is 6.36. The van der Waals surface area contributed by atoms with Crippen LogP contribution in [0.1, 0.15) is 17.3 Å². The molecule has 0 aliphatic heterocycles. The third-order valence-electron chi connectivity index (χ3n) is 2.82. The Morgan fingerprint density at radius 2 is 2.00 bits per heavy atom. The molecule has 126 valence electrons. The maximum atomic E-state index is 12.1. The molecular formula is C13H12Cl2N6O3. The van der Waals surface area contributed by atoms with Gasteiger partial charge in [0, 0.05) is 11.6 Å². The quantitative estimate of drug-likeness (QED) is 0.527. The van der Waals surface area contributed by atoms with E-state index in [-0.39, 0.29) is 27.9 Å². The predicted octanol–water partition coefficient (Wildman–Crippen LogP) is 2.88. The zero-order valence-electron chi connectivity index (χ0n) is 12.3. The molecule has 0 fully saturated rings. The molecule has 1 aromatic heterocycles. The first kappa shape index (κ1) is 17.7. The number of nitro groups is 1. The number of rotatable bonds is 6. The zero-order chi connectivity index (χ0) is 17.7. The number of hydrogen-bond acceptors (Lipinski definition) is 7. The van der Waals surface area contributed by atoms with E-state index < -0.39 is 10.8 Å². The van der Waals surface area contributed by atoms with Crippen molar-refractivity contribution in [2.24, 2.45) is 0 Å². The van der Waals surface area contributed by atoms with Crippen LogP contribution in [0.3, 0.4) is 0 Å². The summed E-state index contributed by atoms with van der Waals surface area (Å²) in [5.41, 5.74) is 4.47. The summed E-state index contributed by atoms with van der Waals surface area (Å²) >= 11 is 11.7. The smallest absolute Gasteiger partial charge is 0.354 e. The maximum absolute atomic E-state index is 12.1. The molecule has 0 radical (unpaired) electrons. The van der Waals surface area contributed by atoms with Gasteiger partial charge in [-0.3, -0.25) is 25.8 Å². The summed E-state index contributed by atoms with van der Waals surface area (Å²) in [6.07, 6.45) is 1.13. The molecule has 9 nitrogen and oxygen atoms in total. The second-order valence-electron chi connectivity index (χ2n) is 4.41. The fourth-order valence-corrected chi connectivity index (χ4v) is 2.29. The van der Waals surface area contributed by atoms with Crippen LogP contribution in [0.25, 0.3) is 0 Å². The molecule has 2 rings (SSSR count). The van der Waals surface area contributed by atoms with Gasteiger partial charge in [-0.2, -0.15) is 0 Å². The number of hydrogen-bond donors (Lipinski definition) is 3. The Morgan fingerprint density at radius 3 is 2.62 bits per heavy atom. The average molecular weight is 371 g/mol. The number of hydrazine groups is 1. The molecule has 0 spiro atoms. The zero-order valence-corrected chi connectivity index (χ0v) is 13.9. The Bertz CT molecular complexity index is 786. The largest absolute Gasteiger partial charge is 0.364 e. The van der Waals surface area contributed by atoms with Gasteiger partial charge in [-0.05, 0) is 25.1 Å². The third-order valence-corrected chi connectivity index (χ3v) is 3.37. The summed E-state index contributed by atoms with van der Waals surface area (Å²) < 4.78 is 0. The fourth-order valence-electron chi connectivity index (χ4n) is 1.80. The van der Waals surface area contributed by atoms with Crippen LogP contribution in [-0.4, -0.2) is 27.3 Å². The number of anilines is 2. The van der Waals surface area contributed by atoms with Crippen molar-refractivity contribution in [3.8, 4) is 0 Å². The van der Waals surface area contributed by atoms with E-state index in [0.717, 1.165) is 6.33 Å². The van der Waals surface area contributed by atoms with E-state index in [1.54, 1.807) is 6.92 Å². The fraction of sp³-hybridized carbons (Fsp3) is 0.154. The SMILES string of the molecule is CCNc1ncnc(NNC(=O)c2ccc(Cl)cc2Cl)c1[N+](=O)[O-]. The maximum Gasteiger partial charge on any atom is 0.354 e. The summed E-state index contributed by atoms with van der Waals surface area (Å²) in [4.78, 5) is 30.3. The molecule has 24 heavy (non-hydrogen) atoms. The molecule has 3 N–H and O–H groups in total. The van der Waals surface area contributed by atoms with Crippen LogP contribution in [0.5, 0.6) is 0 Å². The van der Waals surface area contributed by atoms with E-state index in [4.69, 9.17) is 23.2 Å². The molecule has 0 atom stereocenters. The summed E-state index contributed by atoms with van der Waals surface area (Å²) in [7, 11) is 0. The van der Waals surface area contributed by atoms with Crippen molar-refractivity contribution >= 4 is 46.4 Å². The Balaban J connectivity index is 2.21. The predicted molar refractivity (Wildman–Crippen MR) is 90.4 cm³/mol. The minimum absolute atomic E-state index is 0.0405. The molecule has 1 heterocycles. The third kappa shape index (κ3) is 4.00. The normalized spacial score (nSPS) is 10.1. The highest BCUT2D eigenvalue weighted by atomic mass is 35.5. The van der Waals surface area contributed by atoms with Crippen LogP contribution < -0.4 is 16.2 Å². The van der Waals surface area contributed by atoms with Gasteiger partial charge in [0.15, 0.2) is 0 Å². The molecule has 11 heteroatoms. The number of amides is 1. The van der Waals surface area contributed by atoms with E-state index >= 15 is 0 Å². The number of nitrogens with zero attached hydrogens (tertiary/aromatic N) is 3. The van der Waals surface area contributed by atoms with Gasteiger partial charge in [0.25, 0.3) is 5.91 Å². The number of carbonyl (C=O) groups excluding carboxylic acids is 1. The first-order chi connectivity index (χ1) is 11.4. The van der Waals surface area contributed by atoms with Crippen molar-refractivity contribution in [1.82, 2.24) is 15.4 Å². The average Bonchev–Trinajstić information content (AvgIpc) is 2.52. The van der Waals surface area contributed by atoms with Crippen LogP contribution >= 0.6 is 23.2 Å². The monoisotopic (exact) mass is 370 g/mol. The number of nitrogens with one attached hydrogen (secondary N) is 3. The van der Waals surface area contributed by atoms with Crippen LogP contribution in [0.15, 0.2) is 24.5 Å². The molecule has 1 amide bonds. The van der Waals surface area contributed by atoms with Gasteiger partial charge in [-0.25, -0.2) is 9.97 Å². The molecule has 0 saturated carbocycles. The lowest BCUT2D eigenvalue weighted by Gasteiger charge is -2.10. The van der Waals surface area contributed by atoms with E-state index in [1.165, 1.54) is 18.2 Å². The van der Waals surface area contributed by atoms with Crippen molar-refractivity contribution in [2.45, 2.75) is 6.92 Å². The Morgan fingerprint density at radius 1 is 1.29 bits per heavy atom. The number of aromatic nitrogens is 2. The lowest BCUT2D eigenvalue weighted by atomic mass is 10.2. The molecule has 0 saturated heterocycles. The van der Waals surface area contributed by atoms with Crippen LogP contribution in [0.2, 0.25) is 10.0 Å². The first-order valence-corrected chi connectivity index (χ1v) is 7.44. The van der Waals surface area contributed by atoms with Crippen LogP contribution in [-0.2, 0) is 0 Å². The van der Waals surface area contributed by atoms with E-state index in [9.17, 15) is 14.9 Å². The molecule has 0 bridgehead atoms. The van der Waals surface area contributed by atoms with Gasteiger partial charge in [-0.15, -0.1) is 0 Å². The standard InChI is InChI=1S/C13H12Cl2N6O3/c1-2-16-11-10(21(23)24)12(18-6-17-11)19-20-13(22)8-4-3-7(14)5-9(8)15/h3-6H,2H2,1H3,(H,20,22)(H2,16,17,18,19). The highest BCUT2D eigenvalue weighted by Crippen LogP contribution is 2.28. The summed E-state index contributed by atoms with van der Waals surface area (Å²) in [6, 6.07) is 4.34. The lowest BCUT2D eigenvalue weighted by Crippen LogP contribution is -2.30. The summed E-state index contributed by atoms with van der Waals surface area (Å²) in [5.74, 6) is -0.724. The lowest BCUT2D eigenvalue weighted by molar-refractivity contribution is -0.383. The van der Waals surface area contributed by atoms with Crippen molar-refractivity contribution in [2.75, 3.05) is 17.3 Å². The first-order valence-electron chi connectivity index (χ1n) is 6.68. The van der Waals surface area contributed by atoms with Gasteiger partial charge in [0.1, 0.15) is 6.33 Å². The molecule has 0 unspecified atom stereocenters. The minimum atomic E-state index is -0.651. The van der Waals surface area contributed by atoms with Crippen LogP contribution in [0, 0.1) is 10.1 Å². The molecule has 2 aromatic rings. The van der Waals surface area contributed by atoms with Crippen molar-refractivity contribution in [3.05, 3.63) is 50.2 Å². The summed E-state index contributed by atoms with van der Waals surface area (Å²) in [6.45, 7) is 2.20. The van der Waals surface area contributed by atoms with Crippen molar-refractivity contribution < 1.29 is 9.72 Å². The van der Waals surface area contributed by atoms with Gasteiger partial charge < -0.3 is 5.32 Å². The Labute approximate surface area is 146 Å². The topological polar surface area (TPSA) is 122 Å². The van der Waals surface area contributed by atoms with Gasteiger partial charge in [0.05, 0.1) is 15.5 Å². The number of carbonyl (C=O) groups is 1. The minimum Gasteiger partial charge on any atom is -0.364 e. The number of halogens is 2. The summed E-state index contributed by atoms with van der Waals surface area (Å²) in [5, 5.41) is 14.5.